The molecule has 0 atom stereocenters. The van der Waals surface area contributed by atoms with E-state index < -0.39 is 40.1 Å². The van der Waals surface area contributed by atoms with E-state index in [1.54, 1.807) is 24.3 Å². The molecular weight excluding hydrogens is 464 g/mol. The van der Waals surface area contributed by atoms with Crippen molar-refractivity contribution in [2.24, 2.45) is 0 Å². The monoisotopic (exact) mass is 479 g/mol. The molecule has 0 aliphatic rings. The van der Waals surface area contributed by atoms with Gasteiger partial charge in [0.15, 0.2) is 17.5 Å². The molecule has 0 bridgehead atoms. The third kappa shape index (κ3) is 4.73. The second kappa shape index (κ2) is 8.90. The van der Waals surface area contributed by atoms with E-state index in [0.29, 0.717) is 34.8 Å². The minimum atomic E-state index is -3.85. The van der Waals surface area contributed by atoms with E-state index in [1.165, 1.54) is 0 Å². The summed E-state index contributed by atoms with van der Waals surface area (Å²) in [6.45, 7) is 3.65. The first-order valence-corrected chi connectivity index (χ1v) is 10.5. The topological polar surface area (TPSA) is 22.1 Å². The number of fused-ring (bicyclic) bond motifs is 1. The number of aryl methyl sites for hydroxylation is 1. The van der Waals surface area contributed by atoms with Crippen molar-refractivity contribution < 1.29 is 31.1 Å². The van der Waals surface area contributed by atoms with Gasteiger partial charge in [0.25, 0.3) is 0 Å². The molecule has 170 valence electrons. The van der Waals surface area contributed by atoms with E-state index in [1.807, 2.05) is 0 Å². The van der Waals surface area contributed by atoms with Crippen molar-refractivity contribution in [3.8, 4) is 16.9 Å². The van der Waals surface area contributed by atoms with Crippen LogP contribution in [0, 0.1) is 23.3 Å². The molecule has 9 heteroatoms. The predicted octanol–water partition coefficient (Wildman–Crippen LogP) is 7.77. The van der Waals surface area contributed by atoms with E-state index in [0.717, 1.165) is 35.5 Å². The quantitative estimate of drug-likeness (QED) is 0.154. The molecular formula is C24H15F6NOS. The summed E-state index contributed by atoms with van der Waals surface area (Å²) in [5.74, 6) is -6.29. The number of rotatable bonds is 7. The number of hydrogen-bond donors (Lipinski definition) is 0. The lowest BCUT2D eigenvalue weighted by Gasteiger charge is -2.16. The molecule has 0 fully saturated rings. The zero-order chi connectivity index (χ0) is 23.8. The normalized spacial score (nSPS) is 11.7. The van der Waals surface area contributed by atoms with Crippen molar-refractivity contribution >= 4 is 21.6 Å². The number of ether oxygens (including phenoxy) is 1. The average molecular weight is 479 g/mol. The highest BCUT2D eigenvalue weighted by Crippen LogP contribution is 2.38. The maximum atomic E-state index is 14.7. The van der Waals surface area contributed by atoms with Crippen LogP contribution >= 0.6 is 11.3 Å². The van der Waals surface area contributed by atoms with E-state index in [4.69, 9.17) is 4.74 Å². The van der Waals surface area contributed by atoms with Crippen LogP contribution < -0.4 is 4.74 Å². The molecule has 0 aliphatic heterocycles. The Morgan fingerprint density at radius 1 is 0.939 bits per heavy atom. The summed E-state index contributed by atoms with van der Waals surface area (Å²) < 4.78 is 89.3. The fraction of sp³-hybridized carbons (Fsp3) is 0.125. The van der Waals surface area contributed by atoms with Gasteiger partial charge in [-0.2, -0.15) is 8.78 Å². The van der Waals surface area contributed by atoms with E-state index >= 15 is 0 Å². The van der Waals surface area contributed by atoms with Crippen molar-refractivity contribution in [3.63, 3.8) is 0 Å². The smallest absolute Gasteiger partial charge is 0.427 e. The fourth-order valence-electron chi connectivity index (χ4n) is 3.21. The molecule has 4 aromatic rings. The van der Waals surface area contributed by atoms with Crippen molar-refractivity contribution in [3.05, 3.63) is 95.0 Å². The van der Waals surface area contributed by atoms with Gasteiger partial charge in [-0.05, 0) is 60.4 Å². The maximum Gasteiger partial charge on any atom is 0.454 e. The van der Waals surface area contributed by atoms with Crippen LogP contribution in [0.1, 0.15) is 17.0 Å². The molecule has 0 N–H and O–H groups in total. The maximum absolute atomic E-state index is 14.7. The lowest BCUT2D eigenvalue weighted by Crippen LogP contribution is -2.21. The highest BCUT2D eigenvalue weighted by Gasteiger charge is 2.39. The van der Waals surface area contributed by atoms with E-state index in [9.17, 15) is 26.3 Å². The molecule has 4 rings (SSSR count). The summed E-state index contributed by atoms with van der Waals surface area (Å²) in [4.78, 5) is 3.93. The van der Waals surface area contributed by atoms with Crippen molar-refractivity contribution in [2.45, 2.75) is 19.0 Å². The summed E-state index contributed by atoms with van der Waals surface area (Å²) in [5.41, 5.74) is 0.729. The molecule has 0 aliphatic carbocycles. The van der Waals surface area contributed by atoms with Gasteiger partial charge in [0.05, 0.1) is 10.2 Å². The third-order valence-electron chi connectivity index (χ3n) is 4.82. The number of benzene rings is 3. The molecule has 0 amide bonds. The summed E-state index contributed by atoms with van der Waals surface area (Å²) >= 11 is 0.755. The molecule has 1 aromatic heterocycles. The zero-order valence-electron chi connectivity index (χ0n) is 16.8. The Kier molecular flexibility index (Phi) is 6.16. The molecule has 0 saturated carbocycles. The third-order valence-corrected chi connectivity index (χ3v) is 5.89. The Morgan fingerprint density at radius 3 is 2.33 bits per heavy atom. The minimum absolute atomic E-state index is 0.291. The summed E-state index contributed by atoms with van der Waals surface area (Å²) in [7, 11) is 0. The highest BCUT2D eigenvalue weighted by molar-refractivity contribution is 7.18. The summed E-state index contributed by atoms with van der Waals surface area (Å²) in [6.07, 6.45) is -0.632. The Balaban J connectivity index is 1.59. The van der Waals surface area contributed by atoms with Gasteiger partial charge in [-0.25, -0.2) is 22.5 Å². The van der Waals surface area contributed by atoms with E-state index in [-0.39, 0.29) is 11.1 Å². The van der Waals surface area contributed by atoms with Crippen molar-refractivity contribution in [1.82, 2.24) is 4.98 Å². The molecule has 2 nitrogen and oxygen atoms in total. The molecule has 33 heavy (non-hydrogen) atoms. The number of alkyl halides is 2. The van der Waals surface area contributed by atoms with Gasteiger partial charge in [0, 0.05) is 11.6 Å². The molecule has 1 heterocycles. The van der Waals surface area contributed by atoms with Gasteiger partial charge >= 0.3 is 6.11 Å². The van der Waals surface area contributed by atoms with E-state index in [2.05, 4.69) is 11.6 Å². The number of aromatic nitrogens is 1. The van der Waals surface area contributed by atoms with Gasteiger partial charge in [-0.3, -0.25) is 0 Å². The highest BCUT2D eigenvalue weighted by atomic mass is 32.1. The second-order valence-electron chi connectivity index (χ2n) is 7.16. The second-order valence-corrected chi connectivity index (χ2v) is 8.19. The number of hydrogen-bond acceptors (Lipinski definition) is 3. The Labute approximate surface area is 188 Å². The standard InChI is InChI=1S/C24H15F6NOS/c1-2-3-4-13-5-8-20-21(9-13)33-23(31-20)24(29,30)32-15-6-7-16(17(25)12-15)14-10-18(26)22(28)19(27)11-14/h2,5-12H,1,3-4H2. The Bertz CT molecular complexity index is 1330. The van der Waals surface area contributed by atoms with Crippen LogP contribution in [0.5, 0.6) is 5.75 Å². The van der Waals surface area contributed by atoms with Gasteiger partial charge in [-0.1, -0.05) is 12.1 Å². The number of halogens is 6. The van der Waals surface area contributed by atoms with Gasteiger partial charge in [0.2, 0.25) is 5.01 Å². The SMILES string of the molecule is C=CCCc1ccc2nc(C(F)(F)Oc3ccc(-c4cc(F)c(F)c(F)c4)c(F)c3)sc2c1. The van der Waals surface area contributed by atoms with Gasteiger partial charge in [0.1, 0.15) is 11.6 Å². The molecule has 0 spiro atoms. The molecule has 0 radical (unpaired) electrons. The lowest BCUT2D eigenvalue weighted by atomic mass is 10.0. The average Bonchev–Trinajstić information content (AvgIpc) is 3.20. The largest absolute Gasteiger partial charge is 0.454 e. The number of thiazole rings is 1. The van der Waals surface area contributed by atoms with Crippen LogP contribution in [0.3, 0.4) is 0 Å². The van der Waals surface area contributed by atoms with Crippen LogP contribution in [0.25, 0.3) is 21.3 Å². The molecule has 3 aromatic carbocycles. The van der Waals surface area contributed by atoms with Gasteiger partial charge in [-0.15, -0.1) is 17.9 Å². The minimum Gasteiger partial charge on any atom is -0.427 e. The predicted molar refractivity (Wildman–Crippen MR) is 114 cm³/mol. The first-order chi connectivity index (χ1) is 15.7. The molecule has 0 saturated heterocycles. The van der Waals surface area contributed by atoms with Crippen LogP contribution in [0.2, 0.25) is 0 Å². The van der Waals surface area contributed by atoms with Crippen LogP contribution in [-0.4, -0.2) is 4.98 Å². The van der Waals surface area contributed by atoms with Crippen LogP contribution in [0.4, 0.5) is 26.3 Å². The van der Waals surface area contributed by atoms with Crippen LogP contribution in [0.15, 0.2) is 61.2 Å². The van der Waals surface area contributed by atoms with Crippen LogP contribution in [-0.2, 0) is 12.5 Å². The Hall–Kier alpha value is -3.33. The fourth-order valence-corrected chi connectivity index (χ4v) is 4.16. The number of allylic oxidation sites excluding steroid dienone is 1. The van der Waals surface area contributed by atoms with Crippen molar-refractivity contribution in [2.75, 3.05) is 0 Å². The first kappa shape index (κ1) is 22.8. The molecule has 0 unspecified atom stereocenters. The first-order valence-electron chi connectivity index (χ1n) is 9.70. The zero-order valence-corrected chi connectivity index (χ0v) is 17.7. The Morgan fingerprint density at radius 2 is 1.67 bits per heavy atom. The summed E-state index contributed by atoms with van der Waals surface area (Å²) in [6, 6.07) is 9.10. The lowest BCUT2D eigenvalue weighted by molar-refractivity contribution is -0.185. The van der Waals surface area contributed by atoms with Crippen molar-refractivity contribution in [1.29, 1.82) is 0 Å². The summed E-state index contributed by atoms with van der Waals surface area (Å²) in [5, 5.41) is -0.606. The number of nitrogens with zero attached hydrogens (tertiary/aromatic N) is 1. The van der Waals surface area contributed by atoms with Gasteiger partial charge < -0.3 is 4.74 Å².